The van der Waals surface area contributed by atoms with Crippen LogP contribution in [0.25, 0.3) is 0 Å². The second-order valence-electron chi connectivity index (χ2n) is 5.62. The van der Waals surface area contributed by atoms with Crippen molar-refractivity contribution in [2.75, 3.05) is 0 Å². The van der Waals surface area contributed by atoms with Crippen molar-refractivity contribution in [2.45, 2.75) is 64.3 Å². The summed E-state index contributed by atoms with van der Waals surface area (Å²) in [6, 6.07) is 0. The van der Waals surface area contributed by atoms with E-state index in [-0.39, 0.29) is 11.5 Å². The van der Waals surface area contributed by atoms with E-state index in [1.165, 1.54) is 19.3 Å². The Balaban J connectivity index is 2.10. The molecule has 4 nitrogen and oxygen atoms in total. The maximum atomic E-state index is 6.43. The molecule has 1 fully saturated rings. The SMILES string of the molecule is CCC1CCC(N)(c2noc(C(C)C)n2)CC1. The number of aromatic nitrogens is 2. The van der Waals surface area contributed by atoms with Crippen molar-refractivity contribution < 1.29 is 4.52 Å². The fourth-order valence-electron chi connectivity index (χ4n) is 2.50. The largest absolute Gasteiger partial charge is 0.339 e. The lowest BCUT2D eigenvalue weighted by Crippen LogP contribution is -2.41. The second kappa shape index (κ2) is 4.77. The highest BCUT2D eigenvalue weighted by Crippen LogP contribution is 2.37. The van der Waals surface area contributed by atoms with E-state index in [1.807, 2.05) is 0 Å². The molecule has 17 heavy (non-hydrogen) atoms. The van der Waals surface area contributed by atoms with E-state index in [9.17, 15) is 0 Å². The molecule has 1 aromatic heterocycles. The lowest BCUT2D eigenvalue weighted by Gasteiger charge is -2.34. The first-order chi connectivity index (χ1) is 8.05. The van der Waals surface area contributed by atoms with Crippen LogP contribution in [0.15, 0.2) is 4.52 Å². The van der Waals surface area contributed by atoms with Crippen LogP contribution in [-0.2, 0) is 5.54 Å². The summed E-state index contributed by atoms with van der Waals surface area (Å²) in [7, 11) is 0. The maximum Gasteiger partial charge on any atom is 0.229 e. The first-order valence-corrected chi connectivity index (χ1v) is 6.68. The van der Waals surface area contributed by atoms with E-state index in [2.05, 4.69) is 30.9 Å². The number of rotatable bonds is 3. The number of hydrogen-bond acceptors (Lipinski definition) is 4. The minimum Gasteiger partial charge on any atom is -0.339 e. The van der Waals surface area contributed by atoms with Gasteiger partial charge in [-0.25, -0.2) is 0 Å². The van der Waals surface area contributed by atoms with Crippen LogP contribution in [0.4, 0.5) is 0 Å². The van der Waals surface area contributed by atoms with Crippen LogP contribution >= 0.6 is 0 Å². The Kier molecular flexibility index (Phi) is 3.52. The van der Waals surface area contributed by atoms with Gasteiger partial charge in [-0.3, -0.25) is 0 Å². The van der Waals surface area contributed by atoms with Crippen LogP contribution in [0, 0.1) is 5.92 Å². The van der Waals surface area contributed by atoms with Gasteiger partial charge in [-0.05, 0) is 31.6 Å². The Bertz CT molecular complexity index is 364. The van der Waals surface area contributed by atoms with Crippen LogP contribution in [0.1, 0.15) is 70.5 Å². The Morgan fingerprint density at radius 1 is 1.41 bits per heavy atom. The molecule has 0 atom stereocenters. The molecule has 1 saturated carbocycles. The van der Waals surface area contributed by atoms with Gasteiger partial charge < -0.3 is 10.3 Å². The van der Waals surface area contributed by atoms with Gasteiger partial charge >= 0.3 is 0 Å². The van der Waals surface area contributed by atoms with E-state index in [1.54, 1.807) is 0 Å². The van der Waals surface area contributed by atoms with Gasteiger partial charge in [-0.15, -0.1) is 0 Å². The van der Waals surface area contributed by atoms with Gasteiger partial charge in [-0.1, -0.05) is 32.3 Å². The standard InChI is InChI=1S/C13H23N3O/c1-4-10-5-7-13(14,8-6-10)12-15-11(9(2)3)17-16-12/h9-10H,4-8,14H2,1-3H3. The van der Waals surface area contributed by atoms with E-state index in [4.69, 9.17) is 10.3 Å². The molecule has 0 amide bonds. The van der Waals surface area contributed by atoms with Crippen LogP contribution in [0.3, 0.4) is 0 Å². The summed E-state index contributed by atoms with van der Waals surface area (Å²) in [6.45, 7) is 6.35. The highest BCUT2D eigenvalue weighted by Gasteiger charge is 2.36. The van der Waals surface area contributed by atoms with Crippen LogP contribution in [-0.4, -0.2) is 10.1 Å². The van der Waals surface area contributed by atoms with Gasteiger partial charge in [0, 0.05) is 5.92 Å². The van der Waals surface area contributed by atoms with Crippen molar-refractivity contribution in [3.05, 3.63) is 11.7 Å². The highest BCUT2D eigenvalue weighted by molar-refractivity contribution is 5.06. The Hall–Kier alpha value is -0.900. The van der Waals surface area contributed by atoms with Crippen molar-refractivity contribution in [1.82, 2.24) is 10.1 Å². The number of nitrogens with zero attached hydrogens (tertiary/aromatic N) is 2. The average molecular weight is 237 g/mol. The smallest absolute Gasteiger partial charge is 0.229 e. The summed E-state index contributed by atoms with van der Waals surface area (Å²) in [5, 5.41) is 4.07. The van der Waals surface area contributed by atoms with Gasteiger partial charge in [0.2, 0.25) is 5.89 Å². The van der Waals surface area contributed by atoms with Crippen LogP contribution in [0.5, 0.6) is 0 Å². The quantitative estimate of drug-likeness (QED) is 0.877. The molecular formula is C13H23N3O. The van der Waals surface area contributed by atoms with Gasteiger partial charge in [0.25, 0.3) is 0 Å². The van der Waals surface area contributed by atoms with Crippen molar-refractivity contribution in [3.63, 3.8) is 0 Å². The molecule has 1 aromatic rings. The third-order valence-electron chi connectivity index (χ3n) is 3.96. The number of nitrogens with two attached hydrogens (primary N) is 1. The predicted octanol–water partition coefficient (Wildman–Crippen LogP) is 2.95. The third kappa shape index (κ3) is 2.51. The Labute approximate surface area is 103 Å². The lowest BCUT2D eigenvalue weighted by atomic mass is 9.76. The number of hydrogen-bond donors (Lipinski definition) is 1. The van der Waals surface area contributed by atoms with Crippen LogP contribution in [0.2, 0.25) is 0 Å². The molecule has 2 rings (SSSR count). The molecule has 0 radical (unpaired) electrons. The molecule has 0 unspecified atom stereocenters. The summed E-state index contributed by atoms with van der Waals surface area (Å²) in [5.41, 5.74) is 6.07. The fraction of sp³-hybridized carbons (Fsp3) is 0.846. The van der Waals surface area contributed by atoms with Gasteiger partial charge in [0.05, 0.1) is 5.54 Å². The molecule has 0 spiro atoms. The molecule has 1 heterocycles. The van der Waals surface area contributed by atoms with Gasteiger partial charge in [0.1, 0.15) is 0 Å². The molecule has 1 aliphatic carbocycles. The second-order valence-corrected chi connectivity index (χ2v) is 5.62. The Morgan fingerprint density at radius 2 is 2.06 bits per heavy atom. The van der Waals surface area contributed by atoms with E-state index < -0.39 is 0 Å². The molecular weight excluding hydrogens is 214 g/mol. The highest BCUT2D eigenvalue weighted by atomic mass is 16.5. The van der Waals surface area contributed by atoms with Crippen molar-refractivity contribution in [1.29, 1.82) is 0 Å². The first-order valence-electron chi connectivity index (χ1n) is 6.68. The molecule has 0 aromatic carbocycles. The molecule has 96 valence electrons. The zero-order chi connectivity index (χ0) is 12.5. The van der Waals surface area contributed by atoms with E-state index in [0.29, 0.717) is 11.7 Å². The summed E-state index contributed by atoms with van der Waals surface area (Å²) in [4.78, 5) is 4.45. The summed E-state index contributed by atoms with van der Waals surface area (Å²) >= 11 is 0. The molecule has 4 heteroatoms. The van der Waals surface area contributed by atoms with Gasteiger partial charge in [-0.2, -0.15) is 4.98 Å². The van der Waals surface area contributed by atoms with Crippen molar-refractivity contribution >= 4 is 0 Å². The van der Waals surface area contributed by atoms with Crippen molar-refractivity contribution in [3.8, 4) is 0 Å². The topological polar surface area (TPSA) is 64.9 Å². The van der Waals surface area contributed by atoms with E-state index in [0.717, 1.165) is 18.8 Å². The molecule has 2 N–H and O–H groups in total. The first kappa shape index (κ1) is 12.6. The third-order valence-corrected chi connectivity index (χ3v) is 3.96. The maximum absolute atomic E-state index is 6.43. The zero-order valence-electron chi connectivity index (χ0n) is 11.1. The summed E-state index contributed by atoms with van der Waals surface area (Å²) < 4.78 is 5.26. The zero-order valence-corrected chi connectivity index (χ0v) is 11.1. The van der Waals surface area contributed by atoms with E-state index >= 15 is 0 Å². The Morgan fingerprint density at radius 3 is 2.53 bits per heavy atom. The summed E-state index contributed by atoms with van der Waals surface area (Å²) in [6.07, 6.45) is 5.56. The predicted molar refractivity (Wildman–Crippen MR) is 66.5 cm³/mol. The molecule has 0 aliphatic heterocycles. The molecule has 0 bridgehead atoms. The van der Waals surface area contributed by atoms with Crippen LogP contribution < -0.4 is 5.73 Å². The minimum absolute atomic E-state index is 0.270. The fourth-order valence-corrected chi connectivity index (χ4v) is 2.50. The average Bonchev–Trinajstić information content (AvgIpc) is 2.80. The minimum atomic E-state index is -0.359. The summed E-state index contributed by atoms with van der Waals surface area (Å²) in [5.74, 6) is 2.49. The molecule has 1 aliphatic rings. The normalized spacial score (nSPS) is 29.8. The lowest BCUT2D eigenvalue weighted by molar-refractivity contribution is 0.216. The van der Waals surface area contributed by atoms with Gasteiger partial charge in [0.15, 0.2) is 5.82 Å². The molecule has 0 saturated heterocycles. The monoisotopic (exact) mass is 237 g/mol. The van der Waals surface area contributed by atoms with Crippen molar-refractivity contribution in [2.24, 2.45) is 11.7 Å².